The summed E-state index contributed by atoms with van der Waals surface area (Å²) in [5.41, 5.74) is 1.56. The lowest BCUT2D eigenvalue weighted by Crippen LogP contribution is -2.39. The fraction of sp³-hybridized carbons (Fsp3) is 0.550. The van der Waals surface area contributed by atoms with E-state index < -0.39 is 5.79 Å². The van der Waals surface area contributed by atoms with E-state index in [2.05, 4.69) is 6.58 Å². The van der Waals surface area contributed by atoms with E-state index in [1.807, 2.05) is 24.3 Å². The molecule has 0 bridgehead atoms. The molecule has 24 heavy (non-hydrogen) atoms. The van der Waals surface area contributed by atoms with Crippen LogP contribution in [0.4, 0.5) is 0 Å². The van der Waals surface area contributed by atoms with E-state index >= 15 is 0 Å². The lowest BCUT2D eigenvalue weighted by molar-refractivity contribution is -0.127. The maximum absolute atomic E-state index is 12.3. The lowest BCUT2D eigenvalue weighted by atomic mass is 9.96. The Morgan fingerprint density at radius 1 is 1.29 bits per heavy atom. The summed E-state index contributed by atoms with van der Waals surface area (Å²) >= 11 is 0. The molecule has 0 amide bonds. The van der Waals surface area contributed by atoms with Crippen molar-refractivity contribution in [3.63, 3.8) is 0 Å². The first-order valence-electron chi connectivity index (χ1n) is 8.81. The van der Waals surface area contributed by atoms with Gasteiger partial charge in [0, 0.05) is 13.8 Å². The topological polar surface area (TPSA) is 44.8 Å². The average molecular weight is 330 g/mol. The van der Waals surface area contributed by atoms with Crippen LogP contribution in [0.2, 0.25) is 0 Å². The molecule has 0 aromatic heterocycles. The Balaban J connectivity index is 1.62. The first-order valence-corrected chi connectivity index (χ1v) is 8.81. The number of rotatable bonds is 5. The fourth-order valence-electron chi connectivity index (χ4n) is 3.50. The van der Waals surface area contributed by atoms with Crippen LogP contribution in [0.5, 0.6) is 5.75 Å². The molecule has 4 nitrogen and oxygen atoms in total. The highest BCUT2D eigenvalue weighted by Gasteiger charge is 2.35. The number of hydrogen-bond acceptors (Lipinski definition) is 4. The van der Waals surface area contributed by atoms with Gasteiger partial charge in [-0.15, -0.1) is 6.58 Å². The van der Waals surface area contributed by atoms with Gasteiger partial charge in [-0.2, -0.15) is 0 Å². The summed E-state index contributed by atoms with van der Waals surface area (Å²) in [6.45, 7) is 7.32. The Labute approximate surface area is 143 Å². The van der Waals surface area contributed by atoms with Crippen LogP contribution in [0.25, 0.3) is 0 Å². The van der Waals surface area contributed by atoms with E-state index in [9.17, 15) is 4.79 Å². The number of hydrogen-bond donors (Lipinski definition) is 0. The minimum atomic E-state index is -0.904. The molecule has 1 aromatic carbocycles. The fourth-order valence-corrected chi connectivity index (χ4v) is 3.50. The van der Waals surface area contributed by atoms with Gasteiger partial charge in [0.2, 0.25) is 5.79 Å². The summed E-state index contributed by atoms with van der Waals surface area (Å²) in [7, 11) is 0. The molecule has 0 aliphatic carbocycles. The summed E-state index contributed by atoms with van der Waals surface area (Å²) in [5.74, 6) is -0.579. The van der Waals surface area contributed by atoms with Crippen LogP contribution in [0.15, 0.2) is 30.9 Å². The molecule has 1 fully saturated rings. The Kier molecular flexibility index (Phi) is 4.95. The number of fused-ring (bicyclic) bond motifs is 1. The number of ether oxygens (including phenoxy) is 3. The number of benzene rings is 1. The van der Waals surface area contributed by atoms with Gasteiger partial charge < -0.3 is 14.2 Å². The largest absolute Gasteiger partial charge is 0.452 e. The number of aryl methyl sites for hydroxylation is 1. The summed E-state index contributed by atoms with van der Waals surface area (Å²) in [6.07, 6.45) is 8.55. The maximum atomic E-state index is 12.3. The second kappa shape index (κ2) is 6.98. The van der Waals surface area contributed by atoms with Crippen molar-refractivity contribution in [2.75, 3.05) is 0 Å². The highest BCUT2D eigenvalue weighted by molar-refractivity contribution is 5.95. The number of esters is 1. The van der Waals surface area contributed by atoms with Gasteiger partial charge in [-0.25, -0.2) is 4.79 Å². The minimum Gasteiger partial charge on any atom is -0.452 e. The predicted molar refractivity (Wildman–Crippen MR) is 92.2 cm³/mol. The third-order valence-electron chi connectivity index (χ3n) is 4.63. The summed E-state index contributed by atoms with van der Waals surface area (Å²) in [6, 6.07) is 5.75. The van der Waals surface area contributed by atoms with Gasteiger partial charge in [-0.3, -0.25) is 0 Å². The Bertz CT molecular complexity index is 620. The van der Waals surface area contributed by atoms with Gasteiger partial charge in [-0.05, 0) is 50.2 Å². The van der Waals surface area contributed by atoms with Crippen LogP contribution < -0.4 is 4.74 Å². The second-order valence-electron chi connectivity index (χ2n) is 7.04. The Morgan fingerprint density at radius 3 is 2.92 bits per heavy atom. The highest BCUT2D eigenvalue weighted by Crippen LogP contribution is 2.34. The number of carbonyl (C=O) groups excluding carboxylic acids is 1. The number of carbonyl (C=O) groups is 1. The van der Waals surface area contributed by atoms with Gasteiger partial charge in [0.25, 0.3) is 0 Å². The van der Waals surface area contributed by atoms with Crippen LogP contribution in [0.1, 0.15) is 61.9 Å². The predicted octanol–water partition coefficient (Wildman–Crippen LogP) is 4.42. The molecule has 0 saturated carbocycles. The van der Waals surface area contributed by atoms with Crippen LogP contribution in [-0.4, -0.2) is 24.0 Å². The normalized spacial score (nSPS) is 25.3. The van der Waals surface area contributed by atoms with Crippen LogP contribution in [0.3, 0.4) is 0 Å². The Morgan fingerprint density at radius 2 is 2.12 bits per heavy atom. The zero-order chi connectivity index (χ0) is 17.2. The monoisotopic (exact) mass is 330 g/mol. The third-order valence-corrected chi connectivity index (χ3v) is 4.63. The lowest BCUT2D eigenvalue weighted by Gasteiger charge is -2.32. The molecule has 0 N–H and O–H groups in total. The molecule has 2 aliphatic heterocycles. The maximum Gasteiger partial charge on any atom is 0.345 e. The van der Waals surface area contributed by atoms with E-state index in [4.69, 9.17) is 14.2 Å². The van der Waals surface area contributed by atoms with E-state index in [1.165, 1.54) is 6.42 Å². The van der Waals surface area contributed by atoms with Crippen molar-refractivity contribution in [2.45, 2.75) is 70.4 Å². The van der Waals surface area contributed by atoms with Crippen molar-refractivity contribution < 1.29 is 19.0 Å². The average Bonchev–Trinajstić information content (AvgIpc) is 2.53. The molecule has 1 saturated heterocycles. The van der Waals surface area contributed by atoms with Crippen LogP contribution >= 0.6 is 0 Å². The van der Waals surface area contributed by atoms with Crippen LogP contribution in [0, 0.1) is 0 Å². The molecule has 0 radical (unpaired) electrons. The zero-order valence-electron chi connectivity index (χ0n) is 14.5. The first-order chi connectivity index (χ1) is 11.5. The quantitative estimate of drug-likeness (QED) is 0.592. The van der Waals surface area contributed by atoms with Crippen molar-refractivity contribution >= 4 is 5.97 Å². The first kappa shape index (κ1) is 17.0. The molecule has 3 rings (SSSR count). The van der Waals surface area contributed by atoms with Crippen molar-refractivity contribution in [3.8, 4) is 5.75 Å². The Hall–Kier alpha value is -1.81. The van der Waals surface area contributed by atoms with E-state index in [1.54, 1.807) is 13.8 Å². The van der Waals surface area contributed by atoms with Crippen LogP contribution in [-0.2, 0) is 15.9 Å². The molecule has 2 aliphatic rings. The van der Waals surface area contributed by atoms with Crippen molar-refractivity contribution in [2.24, 2.45) is 0 Å². The van der Waals surface area contributed by atoms with Crippen molar-refractivity contribution in [3.05, 3.63) is 42.0 Å². The molecule has 0 spiro atoms. The van der Waals surface area contributed by atoms with Gasteiger partial charge in [0.1, 0.15) is 11.3 Å². The third kappa shape index (κ3) is 3.81. The second-order valence-corrected chi connectivity index (χ2v) is 7.04. The molecule has 4 heteroatoms. The SMILES string of the molecule is C=C[C@@H]1CCC[C@H](CCCc2cccc3c2C(=O)OC(C)(C)O3)O1. The summed E-state index contributed by atoms with van der Waals surface area (Å²) in [5, 5.41) is 0. The van der Waals surface area contributed by atoms with Crippen molar-refractivity contribution in [1.82, 2.24) is 0 Å². The summed E-state index contributed by atoms with van der Waals surface area (Å²) < 4.78 is 17.1. The van der Waals surface area contributed by atoms with Gasteiger partial charge in [0.05, 0.1) is 12.2 Å². The molecular formula is C20H26O4. The standard InChI is InChI=1S/C20H26O4/c1-4-15-10-7-12-16(22-15)11-5-8-14-9-6-13-17-18(14)19(21)24-20(2,3)23-17/h4,6,9,13,15-16H,1,5,7-8,10-12H2,2-3H3/t15-,16+/m1/s1. The molecule has 1 aromatic rings. The zero-order valence-corrected chi connectivity index (χ0v) is 14.5. The van der Waals surface area contributed by atoms with E-state index in [0.29, 0.717) is 17.4 Å². The van der Waals surface area contributed by atoms with E-state index in [-0.39, 0.29) is 12.1 Å². The van der Waals surface area contributed by atoms with Gasteiger partial charge >= 0.3 is 5.97 Å². The molecule has 2 atom stereocenters. The van der Waals surface area contributed by atoms with Gasteiger partial charge in [0.15, 0.2) is 0 Å². The highest BCUT2D eigenvalue weighted by atomic mass is 16.7. The molecule has 130 valence electrons. The molecule has 2 heterocycles. The molecular weight excluding hydrogens is 304 g/mol. The van der Waals surface area contributed by atoms with Gasteiger partial charge in [-0.1, -0.05) is 18.2 Å². The minimum absolute atomic E-state index is 0.193. The number of cyclic esters (lactones) is 1. The molecule has 0 unspecified atom stereocenters. The summed E-state index contributed by atoms with van der Waals surface area (Å²) in [4.78, 5) is 12.3. The smallest absolute Gasteiger partial charge is 0.345 e. The van der Waals surface area contributed by atoms with E-state index in [0.717, 1.165) is 37.7 Å². The van der Waals surface area contributed by atoms with Crippen molar-refractivity contribution in [1.29, 1.82) is 0 Å².